The molecule has 3 N–H and O–H groups in total. The number of hydrogen-bond acceptors (Lipinski definition) is 3. The minimum Gasteiger partial charge on any atom is -0.465 e. The first kappa shape index (κ1) is 20.1. The average Bonchev–Trinajstić information content (AvgIpc) is 3.03. The Kier molecular flexibility index (Phi) is 5.32. The van der Waals surface area contributed by atoms with Crippen molar-refractivity contribution in [3.63, 3.8) is 0 Å². The van der Waals surface area contributed by atoms with Crippen molar-refractivity contribution < 1.29 is 28.2 Å². The third-order valence-corrected chi connectivity index (χ3v) is 5.81. The van der Waals surface area contributed by atoms with Crippen LogP contribution in [0.25, 0.3) is 11.1 Å². The molecule has 158 valence electrons. The number of nitrogens with one attached hydrogen (secondary N) is 2. The number of carboxylic acid groups (broad SMARTS) is 1. The molecule has 0 spiro atoms. The van der Waals surface area contributed by atoms with Crippen molar-refractivity contribution in [1.82, 2.24) is 10.6 Å². The van der Waals surface area contributed by atoms with Crippen LogP contribution in [0.3, 0.4) is 0 Å². The van der Waals surface area contributed by atoms with E-state index in [1.807, 2.05) is 53.8 Å². The van der Waals surface area contributed by atoms with Gasteiger partial charge in [-0.25, -0.2) is 18.4 Å². The molecular formula is C22H22F2N2O4. The molecule has 0 unspecified atom stereocenters. The molecule has 0 bridgehead atoms. The van der Waals surface area contributed by atoms with Crippen LogP contribution in [0.2, 0.25) is 0 Å². The van der Waals surface area contributed by atoms with Crippen molar-refractivity contribution in [3.8, 4) is 11.1 Å². The van der Waals surface area contributed by atoms with Crippen LogP contribution in [0, 0.1) is 0 Å². The van der Waals surface area contributed by atoms with Gasteiger partial charge in [0.15, 0.2) is 0 Å². The van der Waals surface area contributed by atoms with E-state index >= 15 is 0 Å². The van der Waals surface area contributed by atoms with Crippen LogP contribution in [0.15, 0.2) is 48.5 Å². The molecule has 2 aromatic rings. The van der Waals surface area contributed by atoms with Gasteiger partial charge in [0.1, 0.15) is 12.6 Å². The fourth-order valence-electron chi connectivity index (χ4n) is 4.46. The first-order valence-corrected chi connectivity index (χ1v) is 9.85. The molecule has 8 heteroatoms. The van der Waals surface area contributed by atoms with Gasteiger partial charge in [-0.3, -0.25) is 0 Å². The van der Waals surface area contributed by atoms with Crippen molar-refractivity contribution in [2.24, 2.45) is 0 Å². The molecule has 0 saturated heterocycles. The molecule has 2 aliphatic rings. The molecule has 30 heavy (non-hydrogen) atoms. The zero-order chi connectivity index (χ0) is 21.3. The van der Waals surface area contributed by atoms with Crippen molar-refractivity contribution in [3.05, 3.63) is 59.7 Å². The van der Waals surface area contributed by atoms with Crippen LogP contribution >= 0.6 is 0 Å². The summed E-state index contributed by atoms with van der Waals surface area (Å²) in [5.74, 6) is -3.39. The fraction of sp³-hybridized carbons (Fsp3) is 0.364. The van der Waals surface area contributed by atoms with Gasteiger partial charge in [0.25, 0.3) is 5.92 Å². The Morgan fingerprint density at radius 2 is 1.63 bits per heavy atom. The molecule has 2 atom stereocenters. The predicted molar refractivity (Wildman–Crippen MR) is 106 cm³/mol. The first-order chi connectivity index (χ1) is 14.4. The van der Waals surface area contributed by atoms with E-state index in [2.05, 4.69) is 5.32 Å². The minimum absolute atomic E-state index is 0.0556. The second kappa shape index (κ2) is 7.93. The summed E-state index contributed by atoms with van der Waals surface area (Å²) in [5.41, 5.74) is 4.25. The molecule has 0 aliphatic heterocycles. The van der Waals surface area contributed by atoms with Gasteiger partial charge in [0, 0.05) is 12.3 Å². The molecular weight excluding hydrogens is 394 g/mol. The maximum atomic E-state index is 14.2. The zero-order valence-corrected chi connectivity index (χ0v) is 16.1. The number of fused-ring (bicyclic) bond motifs is 3. The lowest BCUT2D eigenvalue weighted by molar-refractivity contribution is -0.0721. The van der Waals surface area contributed by atoms with Crippen molar-refractivity contribution in [2.45, 2.75) is 43.2 Å². The number of amides is 2. The summed E-state index contributed by atoms with van der Waals surface area (Å²) in [6, 6.07) is 13.0. The quantitative estimate of drug-likeness (QED) is 0.692. The van der Waals surface area contributed by atoms with E-state index in [-0.39, 0.29) is 25.4 Å². The number of benzene rings is 2. The Morgan fingerprint density at radius 3 is 2.23 bits per heavy atom. The van der Waals surface area contributed by atoms with Gasteiger partial charge in [0.05, 0.1) is 6.04 Å². The van der Waals surface area contributed by atoms with Gasteiger partial charge in [-0.05, 0) is 35.1 Å². The molecule has 2 aliphatic carbocycles. The van der Waals surface area contributed by atoms with Crippen LogP contribution in [0.4, 0.5) is 18.4 Å². The number of halogens is 2. The van der Waals surface area contributed by atoms with E-state index in [0.29, 0.717) is 0 Å². The lowest BCUT2D eigenvalue weighted by Gasteiger charge is -2.37. The SMILES string of the molecule is O=C(O)N[C@@H]1[C@@H](NC(=O)OCC2c3ccccc3-c3ccccc32)CCCC1(F)F. The fourth-order valence-corrected chi connectivity index (χ4v) is 4.46. The molecule has 4 rings (SSSR count). The predicted octanol–water partition coefficient (Wildman–Crippen LogP) is 4.35. The van der Waals surface area contributed by atoms with Gasteiger partial charge >= 0.3 is 12.2 Å². The summed E-state index contributed by atoms with van der Waals surface area (Å²) >= 11 is 0. The van der Waals surface area contributed by atoms with Crippen molar-refractivity contribution in [1.29, 1.82) is 0 Å². The van der Waals surface area contributed by atoms with E-state index in [1.165, 1.54) is 0 Å². The topological polar surface area (TPSA) is 87.7 Å². The molecule has 0 heterocycles. The third kappa shape index (κ3) is 3.81. The molecule has 0 aromatic heterocycles. The number of rotatable bonds is 4. The lowest BCUT2D eigenvalue weighted by Crippen LogP contribution is -2.61. The molecule has 1 saturated carbocycles. The molecule has 1 fully saturated rings. The number of alkyl halides is 2. The average molecular weight is 416 g/mol. The summed E-state index contributed by atoms with van der Waals surface area (Å²) in [4.78, 5) is 23.3. The van der Waals surface area contributed by atoms with E-state index in [0.717, 1.165) is 22.3 Å². The van der Waals surface area contributed by atoms with Crippen molar-refractivity contribution >= 4 is 12.2 Å². The Balaban J connectivity index is 1.44. The van der Waals surface area contributed by atoms with Gasteiger partial charge < -0.3 is 20.5 Å². The molecule has 2 amide bonds. The molecule has 0 radical (unpaired) electrons. The van der Waals surface area contributed by atoms with Crippen LogP contribution in [-0.2, 0) is 4.74 Å². The Morgan fingerprint density at radius 1 is 1.03 bits per heavy atom. The standard InChI is InChI=1S/C22H22F2N2O4/c23-22(24)11-5-10-18(19(22)26-20(27)28)25-21(29)30-12-17-15-8-3-1-6-13(15)14-7-2-4-9-16(14)17/h1-4,6-9,17-19,26H,5,10-12H2,(H,25,29)(H,27,28)/t18-,19+/m0/s1. The molecule has 6 nitrogen and oxygen atoms in total. The first-order valence-electron chi connectivity index (χ1n) is 9.85. The number of carbonyl (C=O) groups excluding carboxylic acids is 1. The minimum atomic E-state index is -3.24. The highest BCUT2D eigenvalue weighted by atomic mass is 19.3. The van der Waals surface area contributed by atoms with Gasteiger partial charge in [-0.2, -0.15) is 0 Å². The van der Waals surface area contributed by atoms with Crippen molar-refractivity contribution in [2.75, 3.05) is 6.61 Å². The van der Waals surface area contributed by atoms with E-state index in [9.17, 15) is 18.4 Å². The summed E-state index contributed by atoms with van der Waals surface area (Å²) in [6.07, 6.45) is -2.40. The number of ether oxygens (including phenoxy) is 1. The number of hydrogen-bond donors (Lipinski definition) is 3. The Hall–Kier alpha value is -3.16. The van der Waals surface area contributed by atoms with E-state index in [4.69, 9.17) is 9.84 Å². The van der Waals surface area contributed by atoms with Gasteiger partial charge in [-0.1, -0.05) is 48.5 Å². The number of carbonyl (C=O) groups is 2. The summed E-state index contributed by atoms with van der Waals surface area (Å²) < 4.78 is 33.7. The number of alkyl carbamates (subject to hydrolysis) is 1. The highest BCUT2D eigenvalue weighted by Crippen LogP contribution is 2.44. The Labute approximate surface area is 172 Å². The summed E-state index contributed by atoms with van der Waals surface area (Å²) in [6.45, 7) is 0.0556. The van der Waals surface area contributed by atoms with E-state index in [1.54, 1.807) is 0 Å². The van der Waals surface area contributed by atoms with Gasteiger partial charge in [0.2, 0.25) is 0 Å². The smallest absolute Gasteiger partial charge is 0.407 e. The maximum Gasteiger partial charge on any atom is 0.407 e. The maximum absolute atomic E-state index is 14.2. The summed E-state index contributed by atoms with van der Waals surface area (Å²) in [5, 5.41) is 13.2. The van der Waals surface area contributed by atoms with E-state index < -0.39 is 36.6 Å². The highest BCUT2D eigenvalue weighted by molar-refractivity contribution is 5.79. The molecule has 2 aromatic carbocycles. The van der Waals surface area contributed by atoms with Gasteiger partial charge in [-0.15, -0.1) is 0 Å². The normalized spacial score (nSPS) is 21.9. The second-order valence-electron chi connectivity index (χ2n) is 7.66. The van der Waals surface area contributed by atoms with Crippen LogP contribution in [-0.4, -0.2) is 41.9 Å². The Bertz CT molecular complexity index is 920. The van der Waals surface area contributed by atoms with Crippen LogP contribution in [0.5, 0.6) is 0 Å². The zero-order valence-electron chi connectivity index (χ0n) is 16.1. The largest absolute Gasteiger partial charge is 0.465 e. The third-order valence-electron chi connectivity index (χ3n) is 5.81. The van der Waals surface area contributed by atoms with Crippen LogP contribution in [0.1, 0.15) is 36.3 Å². The highest BCUT2D eigenvalue weighted by Gasteiger charge is 2.48. The lowest BCUT2D eigenvalue weighted by atomic mass is 9.87. The monoisotopic (exact) mass is 416 g/mol. The van der Waals surface area contributed by atoms with Crippen LogP contribution < -0.4 is 10.6 Å². The summed E-state index contributed by atoms with van der Waals surface area (Å²) in [7, 11) is 0. The second-order valence-corrected chi connectivity index (χ2v) is 7.66.